The van der Waals surface area contributed by atoms with Gasteiger partial charge in [-0.1, -0.05) is 19.3 Å². The monoisotopic (exact) mass is 328 g/mol. The van der Waals surface area contributed by atoms with E-state index in [0.29, 0.717) is 6.54 Å². The zero-order valence-electron chi connectivity index (χ0n) is 13.2. The van der Waals surface area contributed by atoms with E-state index in [1.165, 1.54) is 30.8 Å². The maximum atomic E-state index is 11.9. The first-order valence-corrected chi connectivity index (χ1v) is 9.38. The average molecular weight is 328 g/mol. The summed E-state index contributed by atoms with van der Waals surface area (Å²) in [7, 11) is 0. The first-order valence-electron chi connectivity index (χ1n) is 8.22. The van der Waals surface area contributed by atoms with E-state index in [4.69, 9.17) is 5.73 Å². The summed E-state index contributed by atoms with van der Waals surface area (Å²) >= 11 is 2.01. The summed E-state index contributed by atoms with van der Waals surface area (Å²) in [5.41, 5.74) is 5.33. The van der Waals surface area contributed by atoms with Crippen LogP contribution in [0.3, 0.4) is 0 Å². The van der Waals surface area contributed by atoms with Crippen LogP contribution in [0.5, 0.6) is 0 Å². The Morgan fingerprint density at radius 2 is 1.73 bits per heavy atom. The summed E-state index contributed by atoms with van der Waals surface area (Å²) in [4.78, 5) is 25.6. The van der Waals surface area contributed by atoms with Gasteiger partial charge in [0.05, 0.1) is 13.1 Å². The van der Waals surface area contributed by atoms with Gasteiger partial charge in [0.2, 0.25) is 11.8 Å². The van der Waals surface area contributed by atoms with Crippen molar-refractivity contribution in [1.82, 2.24) is 15.5 Å². The molecule has 2 aliphatic rings. The van der Waals surface area contributed by atoms with Crippen LogP contribution in [0.2, 0.25) is 0 Å². The number of hydrogen-bond acceptors (Lipinski definition) is 5. The summed E-state index contributed by atoms with van der Waals surface area (Å²) < 4.78 is 0. The summed E-state index contributed by atoms with van der Waals surface area (Å²) in [6, 6.07) is 0. The van der Waals surface area contributed by atoms with E-state index in [2.05, 4.69) is 15.5 Å². The fourth-order valence-electron chi connectivity index (χ4n) is 3.43. The first-order chi connectivity index (χ1) is 10.7. The molecular formula is C15H28N4O2S. The molecule has 2 amide bonds. The molecule has 1 saturated carbocycles. The Kier molecular flexibility index (Phi) is 6.98. The van der Waals surface area contributed by atoms with Crippen molar-refractivity contribution in [1.29, 1.82) is 0 Å². The number of thioether (sulfide) groups is 1. The van der Waals surface area contributed by atoms with Crippen molar-refractivity contribution in [3.05, 3.63) is 0 Å². The summed E-state index contributed by atoms with van der Waals surface area (Å²) in [5, 5.41) is 5.55. The van der Waals surface area contributed by atoms with Crippen molar-refractivity contribution < 1.29 is 9.59 Å². The average Bonchev–Trinajstić information content (AvgIpc) is 2.59. The number of rotatable bonds is 6. The fourth-order valence-corrected chi connectivity index (χ4v) is 4.33. The molecule has 1 saturated heterocycles. The molecule has 0 aromatic heterocycles. The maximum absolute atomic E-state index is 11.9. The van der Waals surface area contributed by atoms with Crippen LogP contribution in [-0.4, -0.2) is 66.5 Å². The Bertz CT molecular complexity index is 380. The molecule has 1 aliphatic carbocycles. The molecule has 0 radical (unpaired) electrons. The number of nitrogens with two attached hydrogens (primary N) is 1. The molecule has 7 heteroatoms. The van der Waals surface area contributed by atoms with Crippen molar-refractivity contribution in [2.45, 2.75) is 37.6 Å². The van der Waals surface area contributed by atoms with Gasteiger partial charge in [-0.15, -0.1) is 0 Å². The van der Waals surface area contributed by atoms with Gasteiger partial charge in [0.1, 0.15) is 0 Å². The van der Waals surface area contributed by atoms with E-state index in [0.717, 1.165) is 25.9 Å². The number of amides is 2. The van der Waals surface area contributed by atoms with Crippen molar-refractivity contribution in [2.24, 2.45) is 5.73 Å². The number of nitrogens with one attached hydrogen (secondary N) is 2. The van der Waals surface area contributed by atoms with E-state index in [1.807, 2.05) is 11.8 Å². The van der Waals surface area contributed by atoms with E-state index in [-0.39, 0.29) is 30.4 Å². The summed E-state index contributed by atoms with van der Waals surface area (Å²) in [5.74, 6) is 1.94. The van der Waals surface area contributed by atoms with Crippen molar-refractivity contribution in [3.8, 4) is 0 Å². The van der Waals surface area contributed by atoms with Gasteiger partial charge in [-0.3, -0.25) is 14.5 Å². The molecular weight excluding hydrogens is 300 g/mol. The smallest absolute Gasteiger partial charge is 0.239 e. The highest BCUT2D eigenvalue weighted by molar-refractivity contribution is 7.99. The quantitative estimate of drug-likeness (QED) is 0.635. The lowest BCUT2D eigenvalue weighted by atomic mass is 9.80. The van der Waals surface area contributed by atoms with E-state index in [1.54, 1.807) is 0 Å². The molecule has 4 N–H and O–H groups in total. The molecule has 1 aliphatic heterocycles. The normalized spacial score (nSPS) is 22.0. The summed E-state index contributed by atoms with van der Waals surface area (Å²) in [6.07, 6.45) is 6.10. The molecule has 6 nitrogen and oxygen atoms in total. The largest absolute Gasteiger partial charge is 0.353 e. The lowest BCUT2D eigenvalue weighted by Gasteiger charge is -2.48. The predicted molar refractivity (Wildman–Crippen MR) is 89.8 cm³/mol. The molecule has 0 bridgehead atoms. The van der Waals surface area contributed by atoms with Crippen LogP contribution in [-0.2, 0) is 9.59 Å². The molecule has 0 spiro atoms. The highest BCUT2D eigenvalue weighted by atomic mass is 32.2. The molecule has 2 fully saturated rings. The lowest BCUT2D eigenvalue weighted by Crippen LogP contribution is -2.59. The third kappa shape index (κ3) is 4.86. The topological polar surface area (TPSA) is 87.5 Å². The molecule has 2 rings (SSSR count). The van der Waals surface area contributed by atoms with Crippen LogP contribution in [0.15, 0.2) is 0 Å². The second kappa shape index (κ2) is 8.74. The third-order valence-electron chi connectivity index (χ3n) is 4.71. The second-order valence-electron chi connectivity index (χ2n) is 6.14. The minimum atomic E-state index is -0.296. The Labute approximate surface area is 136 Å². The maximum Gasteiger partial charge on any atom is 0.239 e. The van der Waals surface area contributed by atoms with Gasteiger partial charge in [-0.05, 0) is 12.8 Å². The molecule has 1 heterocycles. The lowest BCUT2D eigenvalue weighted by molar-refractivity contribution is -0.125. The van der Waals surface area contributed by atoms with Gasteiger partial charge in [0, 0.05) is 36.7 Å². The first kappa shape index (κ1) is 17.6. The Morgan fingerprint density at radius 3 is 2.36 bits per heavy atom. The predicted octanol–water partition coefficient (Wildman–Crippen LogP) is -0.0708. The van der Waals surface area contributed by atoms with E-state index in [9.17, 15) is 9.59 Å². The number of carbonyl (C=O) groups excluding carboxylic acids is 2. The van der Waals surface area contributed by atoms with Crippen molar-refractivity contribution in [2.75, 3.05) is 44.2 Å². The van der Waals surface area contributed by atoms with Crippen LogP contribution in [0, 0.1) is 0 Å². The minimum Gasteiger partial charge on any atom is -0.353 e. The number of nitrogens with zero attached hydrogens (tertiary/aromatic N) is 1. The highest BCUT2D eigenvalue weighted by Crippen LogP contribution is 2.34. The second-order valence-corrected chi connectivity index (χ2v) is 7.37. The van der Waals surface area contributed by atoms with E-state index < -0.39 is 0 Å². The molecule has 22 heavy (non-hydrogen) atoms. The molecule has 0 aromatic rings. The molecule has 126 valence electrons. The van der Waals surface area contributed by atoms with Gasteiger partial charge < -0.3 is 16.4 Å². The van der Waals surface area contributed by atoms with Crippen LogP contribution in [0.1, 0.15) is 32.1 Å². The standard InChI is InChI=1S/C15H28N4O2S/c16-10-13(20)17-11-14(21)18-12-15(4-2-1-3-5-15)19-6-8-22-9-7-19/h1-12,16H2,(H,17,20)(H,18,21). The Hall–Kier alpha value is -0.790. The highest BCUT2D eigenvalue weighted by Gasteiger charge is 2.38. The third-order valence-corrected chi connectivity index (χ3v) is 5.65. The zero-order valence-corrected chi connectivity index (χ0v) is 14.1. The van der Waals surface area contributed by atoms with Gasteiger partial charge in [0.25, 0.3) is 0 Å². The molecule has 0 atom stereocenters. The Balaban J connectivity index is 1.86. The van der Waals surface area contributed by atoms with Crippen molar-refractivity contribution >= 4 is 23.6 Å². The van der Waals surface area contributed by atoms with E-state index >= 15 is 0 Å². The minimum absolute atomic E-state index is 0.0158. The van der Waals surface area contributed by atoms with Gasteiger partial charge in [0.15, 0.2) is 0 Å². The van der Waals surface area contributed by atoms with Gasteiger partial charge >= 0.3 is 0 Å². The molecule has 0 unspecified atom stereocenters. The van der Waals surface area contributed by atoms with Crippen molar-refractivity contribution in [3.63, 3.8) is 0 Å². The number of hydrogen-bond donors (Lipinski definition) is 3. The zero-order chi connectivity index (χ0) is 15.8. The van der Waals surface area contributed by atoms with Crippen LogP contribution in [0.25, 0.3) is 0 Å². The van der Waals surface area contributed by atoms with Crippen LogP contribution in [0.4, 0.5) is 0 Å². The van der Waals surface area contributed by atoms with Crippen LogP contribution < -0.4 is 16.4 Å². The van der Waals surface area contributed by atoms with Gasteiger partial charge in [-0.25, -0.2) is 0 Å². The number of carbonyl (C=O) groups is 2. The van der Waals surface area contributed by atoms with Gasteiger partial charge in [-0.2, -0.15) is 11.8 Å². The Morgan fingerprint density at radius 1 is 1.05 bits per heavy atom. The fraction of sp³-hybridized carbons (Fsp3) is 0.867. The summed E-state index contributed by atoms with van der Waals surface area (Å²) in [6.45, 7) is 2.86. The SMILES string of the molecule is NCC(=O)NCC(=O)NCC1(N2CCSCC2)CCCCC1. The van der Waals surface area contributed by atoms with Crippen LogP contribution >= 0.6 is 11.8 Å². The molecule has 0 aromatic carbocycles.